The Morgan fingerprint density at radius 1 is 1.44 bits per heavy atom. The van der Waals surface area contributed by atoms with E-state index < -0.39 is 0 Å². The Balaban J connectivity index is 2.52. The molecule has 90 valence electrons. The summed E-state index contributed by atoms with van der Waals surface area (Å²) in [7, 11) is 0. The van der Waals surface area contributed by atoms with Gasteiger partial charge in [0.05, 0.1) is 0 Å². The highest BCUT2D eigenvalue weighted by Crippen LogP contribution is 2.21. The molecule has 0 amide bonds. The average Bonchev–Trinajstić information content (AvgIpc) is 2.24. The van der Waals surface area contributed by atoms with Gasteiger partial charge in [-0.2, -0.15) is 0 Å². The minimum absolute atomic E-state index is 0.199. The maximum atomic E-state index is 13.5. The van der Waals surface area contributed by atoms with Gasteiger partial charge in [-0.05, 0) is 44.0 Å². The van der Waals surface area contributed by atoms with Crippen LogP contribution in [0.2, 0.25) is 5.02 Å². The quantitative estimate of drug-likeness (QED) is 0.752. The monoisotopic (exact) mass is 243 g/mol. The summed E-state index contributed by atoms with van der Waals surface area (Å²) >= 11 is 5.97. The maximum Gasteiger partial charge on any atom is 0.127 e. The third kappa shape index (κ3) is 4.11. The molecule has 0 bridgehead atoms. The third-order valence-electron chi connectivity index (χ3n) is 2.53. The van der Waals surface area contributed by atoms with E-state index in [1.54, 1.807) is 12.1 Å². The summed E-state index contributed by atoms with van der Waals surface area (Å²) in [6, 6.07) is 4.85. The highest BCUT2D eigenvalue weighted by Gasteiger charge is 2.10. The second kappa shape index (κ2) is 6.87. The van der Waals surface area contributed by atoms with E-state index in [4.69, 9.17) is 11.6 Å². The van der Waals surface area contributed by atoms with Crippen LogP contribution < -0.4 is 5.32 Å². The normalized spacial score (nSPS) is 12.8. The lowest BCUT2D eigenvalue weighted by molar-refractivity contribution is 0.497. The first-order chi connectivity index (χ1) is 7.65. The van der Waals surface area contributed by atoms with Crippen LogP contribution in [0.5, 0.6) is 0 Å². The van der Waals surface area contributed by atoms with Crippen molar-refractivity contribution >= 4 is 11.6 Å². The Kier molecular flexibility index (Phi) is 5.78. The predicted octanol–water partition coefficient (Wildman–Crippen LogP) is 3.66. The number of benzene rings is 1. The van der Waals surface area contributed by atoms with Crippen molar-refractivity contribution in [3.05, 3.63) is 34.6 Å². The second-order valence-corrected chi connectivity index (χ2v) is 4.62. The molecular weight excluding hydrogens is 225 g/mol. The molecule has 1 atom stereocenters. The first kappa shape index (κ1) is 13.5. The molecule has 1 nitrogen and oxygen atoms in total. The summed E-state index contributed by atoms with van der Waals surface area (Å²) in [5, 5.41) is 3.86. The molecule has 0 aliphatic rings. The van der Waals surface area contributed by atoms with Crippen molar-refractivity contribution in [3.63, 3.8) is 0 Å². The lowest BCUT2D eigenvalue weighted by Crippen LogP contribution is -2.23. The van der Waals surface area contributed by atoms with E-state index in [1.165, 1.54) is 6.07 Å². The van der Waals surface area contributed by atoms with Gasteiger partial charge in [-0.3, -0.25) is 0 Å². The van der Waals surface area contributed by atoms with Crippen LogP contribution in [0, 0.1) is 11.7 Å². The van der Waals surface area contributed by atoms with E-state index >= 15 is 0 Å². The Hall–Kier alpha value is -0.600. The summed E-state index contributed by atoms with van der Waals surface area (Å²) in [6.07, 6.45) is 1.80. The molecule has 1 unspecified atom stereocenters. The number of nitrogens with one attached hydrogen (secondary N) is 1. The van der Waals surface area contributed by atoms with E-state index in [-0.39, 0.29) is 5.82 Å². The molecule has 1 aromatic carbocycles. The van der Waals surface area contributed by atoms with Gasteiger partial charge in [0.2, 0.25) is 0 Å². The van der Waals surface area contributed by atoms with Crippen molar-refractivity contribution in [1.82, 2.24) is 5.32 Å². The zero-order chi connectivity index (χ0) is 12.0. The number of hydrogen-bond acceptors (Lipinski definition) is 1. The summed E-state index contributed by atoms with van der Waals surface area (Å²) in [6.45, 7) is 6.14. The van der Waals surface area contributed by atoms with Crippen LogP contribution in [0.4, 0.5) is 4.39 Å². The van der Waals surface area contributed by atoms with Crippen molar-refractivity contribution in [2.45, 2.75) is 26.7 Å². The van der Waals surface area contributed by atoms with Crippen LogP contribution in [0.15, 0.2) is 18.2 Å². The second-order valence-electron chi connectivity index (χ2n) is 4.21. The zero-order valence-corrected chi connectivity index (χ0v) is 10.6. The summed E-state index contributed by atoms with van der Waals surface area (Å²) < 4.78 is 13.5. The molecule has 3 heteroatoms. The van der Waals surface area contributed by atoms with Gasteiger partial charge in [-0.1, -0.05) is 31.5 Å². The van der Waals surface area contributed by atoms with E-state index in [9.17, 15) is 4.39 Å². The standard InChI is InChI=1S/C13H19ClFN/c1-3-7-16-9-10(2)8-11-12(14)5-4-6-13(11)15/h4-6,10,16H,3,7-9H2,1-2H3. The lowest BCUT2D eigenvalue weighted by atomic mass is 10.0. The molecule has 0 spiro atoms. The number of hydrogen-bond donors (Lipinski definition) is 1. The Morgan fingerprint density at radius 3 is 2.81 bits per heavy atom. The molecule has 1 rings (SSSR count). The SMILES string of the molecule is CCCNCC(C)Cc1c(F)cccc1Cl. The number of rotatable bonds is 6. The molecule has 16 heavy (non-hydrogen) atoms. The molecule has 0 heterocycles. The topological polar surface area (TPSA) is 12.0 Å². The van der Waals surface area contributed by atoms with Gasteiger partial charge >= 0.3 is 0 Å². The highest BCUT2D eigenvalue weighted by molar-refractivity contribution is 6.31. The van der Waals surface area contributed by atoms with Gasteiger partial charge in [0.15, 0.2) is 0 Å². The predicted molar refractivity (Wildman–Crippen MR) is 67.4 cm³/mol. The molecule has 0 aliphatic carbocycles. The van der Waals surface area contributed by atoms with Crippen LogP contribution >= 0.6 is 11.6 Å². The van der Waals surface area contributed by atoms with Gasteiger partial charge in [0, 0.05) is 10.6 Å². The van der Waals surface area contributed by atoms with E-state index in [1.807, 2.05) is 0 Å². The summed E-state index contributed by atoms with van der Waals surface area (Å²) in [5.41, 5.74) is 0.634. The minimum Gasteiger partial charge on any atom is -0.316 e. The Labute approximate surface area is 102 Å². The fourth-order valence-corrected chi connectivity index (χ4v) is 1.91. The molecule has 1 aromatic rings. The van der Waals surface area contributed by atoms with Gasteiger partial charge in [0.25, 0.3) is 0 Å². The largest absolute Gasteiger partial charge is 0.316 e. The van der Waals surface area contributed by atoms with E-state index in [0.717, 1.165) is 19.5 Å². The first-order valence-electron chi connectivity index (χ1n) is 5.78. The van der Waals surface area contributed by atoms with Crippen LogP contribution in [-0.2, 0) is 6.42 Å². The van der Waals surface area contributed by atoms with Crippen LogP contribution in [0.1, 0.15) is 25.8 Å². The molecule has 0 radical (unpaired) electrons. The third-order valence-corrected chi connectivity index (χ3v) is 2.89. The molecule has 0 saturated carbocycles. The van der Waals surface area contributed by atoms with Gasteiger partial charge < -0.3 is 5.32 Å². The lowest BCUT2D eigenvalue weighted by Gasteiger charge is -2.13. The zero-order valence-electron chi connectivity index (χ0n) is 9.89. The Bertz CT molecular complexity index is 307. The highest BCUT2D eigenvalue weighted by atomic mass is 35.5. The minimum atomic E-state index is -0.199. The molecule has 1 N–H and O–H groups in total. The fourth-order valence-electron chi connectivity index (χ4n) is 1.67. The first-order valence-corrected chi connectivity index (χ1v) is 6.16. The van der Waals surface area contributed by atoms with Crippen molar-refractivity contribution in [2.24, 2.45) is 5.92 Å². The van der Waals surface area contributed by atoms with Gasteiger partial charge in [-0.25, -0.2) is 4.39 Å². The molecule has 0 aromatic heterocycles. The van der Waals surface area contributed by atoms with E-state index in [2.05, 4.69) is 19.2 Å². The number of halogens is 2. The van der Waals surface area contributed by atoms with E-state index in [0.29, 0.717) is 22.9 Å². The van der Waals surface area contributed by atoms with Crippen molar-refractivity contribution < 1.29 is 4.39 Å². The maximum absolute atomic E-state index is 13.5. The van der Waals surface area contributed by atoms with Gasteiger partial charge in [0.1, 0.15) is 5.82 Å². The van der Waals surface area contributed by atoms with Crippen molar-refractivity contribution in [2.75, 3.05) is 13.1 Å². The van der Waals surface area contributed by atoms with Gasteiger partial charge in [-0.15, -0.1) is 0 Å². The van der Waals surface area contributed by atoms with Crippen LogP contribution in [0.3, 0.4) is 0 Å². The molecule has 0 fully saturated rings. The van der Waals surface area contributed by atoms with Crippen molar-refractivity contribution in [1.29, 1.82) is 0 Å². The van der Waals surface area contributed by atoms with Crippen molar-refractivity contribution in [3.8, 4) is 0 Å². The van der Waals surface area contributed by atoms with Crippen LogP contribution in [0.25, 0.3) is 0 Å². The smallest absolute Gasteiger partial charge is 0.127 e. The Morgan fingerprint density at radius 2 is 2.19 bits per heavy atom. The molecular formula is C13H19ClFN. The van der Waals surface area contributed by atoms with Crippen LogP contribution in [-0.4, -0.2) is 13.1 Å². The molecule has 0 aliphatic heterocycles. The summed E-state index contributed by atoms with van der Waals surface area (Å²) in [4.78, 5) is 0. The average molecular weight is 244 g/mol. The fraction of sp³-hybridized carbons (Fsp3) is 0.538. The molecule has 0 saturated heterocycles. The summed E-state index contributed by atoms with van der Waals surface area (Å²) in [5.74, 6) is 0.191.